The molecule has 1 aromatic carbocycles. The summed E-state index contributed by atoms with van der Waals surface area (Å²) in [5, 5.41) is 3.63. The molecule has 0 bridgehead atoms. The van der Waals surface area contributed by atoms with Gasteiger partial charge in [-0.1, -0.05) is 19.1 Å². The van der Waals surface area contributed by atoms with Crippen molar-refractivity contribution in [2.24, 2.45) is 5.92 Å². The predicted molar refractivity (Wildman–Crippen MR) is 82.1 cm³/mol. The Labute approximate surface area is 122 Å². The minimum absolute atomic E-state index is 0.551. The summed E-state index contributed by atoms with van der Waals surface area (Å²) in [5.74, 6) is 1.71. The van der Waals surface area contributed by atoms with Gasteiger partial charge >= 0.3 is 0 Å². The van der Waals surface area contributed by atoms with Crippen LogP contribution in [-0.4, -0.2) is 25.9 Å². The first-order valence-corrected chi connectivity index (χ1v) is 7.82. The molecule has 1 aromatic rings. The number of rotatable bonds is 7. The van der Waals surface area contributed by atoms with Crippen molar-refractivity contribution in [3.63, 3.8) is 0 Å². The summed E-state index contributed by atoms with van der Waals surface area (Å²) < 4.78 is 11.0. The number of nitrogens with one attached hydrogen (secondary N) is 1. The van der Waals surface area contributed by atoms with Crippen LogP contribution in [0.5, 0.6) is 5.75 Å². The molecule has 1 saturated heterocycles. The molecule has 3 nitrogen and oxygen atoms in total. The van der Waals surface area contributed by atoms with Crippen molar-refractivity contribution in [3.8, 4) is 5.75 Å². The van der Waals surface area contributed by atoms with Crippen LogP contribution < -0.4 is 10.1 Å². The van der Waals surface area contributed by atoms with Crippen LogP contribution >= 0.6 is 0 Å². The van der Waals surface area contributed by atoms with Gasteiger partial charge in [0, 0.05) is 25.8 Å². The fourth-order valence-electron chi connectivity index (χ4n) is 2.58. The van der Waals surface area contributed by atoms with Crippen LogP contribution in [0, 0.1) is 5.92 Å². The molecule has 0 radical (unpaired) electrons. The Morgan fingerprint density at radius 3 is 2.60 bits per heavy atom. The maximum Gasteiger partial charge on any atom is 0.119 e. The molecule has 1 N–H and O–H groups in total. The van der Waals surface area contributed by atoms with Crippen molar-refractivity contribution in [2.45, 2.75) is 45.7 Å². The van der Waals surface area contributed by atoms with Crippen LogP contribution in [0.15, 0.2) is 24.3 Å². The Morgan fingerprint density at radius 1 is 1.25 bits per heavy atom. The number of hydrogen-bond acceptors (Lipinski definition) is 3. The Bertz CT molecular complexity index is 371. The molecule has 0 amide bonds. The lowest BCUT2D eigenvalue weighted by atomic mass is 9.93. The van der Waals surface area contributed by atoms with Gasteiger partial charge in [-0.15, -0.1) is 0 Å². The van der Waals surface area contributed by atoms with Crippen LogP contribution in [0.25, 0.3) is 0 Å². The van der Waals surface area contributed by atoms with Gasteiger partial charge in [-0.05, 0) is 49.8 Å². The molecule has 0 spiro atoms. The van der Waals surface area contributed by atoms with Crippen LogP contribution in [0.3, 0.4) is 0 Å². The van der Waals surface area contributed by atoms with E-state index in [0.717, 1.165) is 44.5 Å². The van der Waals surface area contributed by atoms with E-state index in [1.807, 2.05) is 0 Å². The average Bonchev–Trinajstić information content (AvgIpc) is 2.52. The van der Waals surface area contributed by atoms with E-state index < -0.39 is 0 Å². The molecule has 1 aliphatic rings. The predicted octanol–water partition coefficient (Wildman–Crippen LogP) is 3.38. The molecule has 3 heteroatoms. The zero-order valence-corrected chi connectivity index (χ0v) is 12.7. The van der Waals surface area contributed by atoms with Crippen molar-refractivity contribution in [1.29, 1.82) is 0 Å². The Balaban J connectivity index is 1.75. The Kier molecular flexibility index (Phi) is 6.34. The van der Waals surface area contributed by atoms with Gasteiger partial charge in [0.15, 0.2) is 0 Å². The van der Waals surface area contributed by atoms with Crippen molar-refractivity contribution < 1.29 is 9.47 Å². The first-order chi connectivity index (χ1) is 9.79. The quantitative estimate of drug-likeness (QED) is 0.829. The summed E-state index contributed by atoms with van der Waals surface area (Å²) >= 11 is 0. The standard InChI is InChI=1S/C17H27NO2/c1-3-10-20-17-6-4-15(5-7-17)13-18-14(2)16-8-11-19-12-9-16/h4-7,14,16,18H,3,8-13H2,1-2H3. The molecule has 1 atom stereocenters. The van der Waals surface area contributed by atoms with Gasteiger partial charge in [-0.3, -0.25) is 0 Å². The molecule has 112 valence electrons. The molecule has 0 aliphatic carbocycles. The SMILES string of the molecule is CCCOc1ccc(CNC(C)C2CCOCC2)cc1. The topological polar surface area (TPSA) is 30.5 Å². The Morgan fingerprint density at radius 2 is 1.95 bits per heavy atom. The van der Waals surface area contributed by atoms with Crippen LogP contribution in [0.2, 0.25) is 0 Å². The lowest BCUT2D eigenvalue weighted by molar-refractivity contribution is 0.0558. The average molecular weight is 277 g/mol. The minimum atomic E-state index is 0.551. The summed E-state index contributed by atoms with van der Waals surface area (Å²) in [6, 6.07) is 8.97. The van der Waals surface area contributed by atoms with Gasteiger partial charge in [-0.25, -0.2) is 0 Å². The third kappa shape index (κ3) is 4.80. The lowest BCUT2D eigenvalue weighted by Crippen LogP contribution is -2.36. The second-order valence-corrected chi connectivity index (χ2v) is 5.61. The molecule has 1 fully saturated rings. The molecule has 1 aliphatic heterocycles. The van der Waals surface area contributed by atoms with Gasteiger partial charge < -0.3 is 14.8 Å². The maximum absolute atomic E-state index is 5.60. The van der Waals surface area contributed by atoms with Gasteiger partial charge in [0.25, 0.3) is 0 Å². The molecular formula is C17H27NO2. The smallest absolute Gasteiger partial charge is 0.119 e. The zero-order valence-electron chi connectivity index (χ0n) is 12.7. The first-order valence-electron chi connectivity index (χ1n) is 7.82. The summed E-state index contributed by atoms with van der Waals surface area (Å²) in [5.41, 5.74) is 1.31. The van der Waals surface area contributed by atoms with E-state index in [9.17, 15) is 0 Å². The molecule has 2 rings (SSSR count). The highest BCUT2D eigenvalue weighted by Crippen LogP contribution is 2.19. The maximum atomic E-state index is 5.60. The van der Waals surface area contributed by atoms with E-state index in [4.69, 9.17) is 9.47 Å². The molecule has 1 heterocycles. The van der Waals surface area contributed by atoms with Gasteiger partial charge in [0.2, 0.25) is 0 Å². The lowest BCUT2D eigenvalue weighted by Gasteiger charge is -2.28. The second-order valence-electron chi connectivity index (χ2n) is 5.61. The molecule has 1 unspecified atom stereocenters. The summed E-state index contributed by atoms with van der Waals surface area (Å²) in [4.78, 5) is 0. The summed E-state index contributed by atoms with van der Waals surface area (Å²) in [6.45, 7) is 7.95. The molecule has 20 heavy (non-hydrogen) atoms. The summed E-state index contributed by atoms with van der Waals surface area (Å²) in [6.07, 6.45) is 3.40. The number of ether oxygens (including phenoxy) is 2. The van der Waals surface area contributed by atoms with Crippen molar-refractivity contribution in [1.82, 2.24) is 5.32 Å². The summed E-state index contributed by atoms with van der Waals surface area (Å²) in [7, 11) is 0. The third-order valence-electron chi connectivity index (χ3n) is 4.00. The van der Waals surface area contributed by atoms with Crippen LogP contribution in [0.4, 0.5) is 0 Å². The molecule has 0 aromatic heterocycles. The number of benzene rings is 1. The highest BCUT2D eigenvalue weighted by atomic mass is 16.5. The van der Waals surface area contributed by atoms with Gasteiger partial charge in [-0.2, -0.15) is 0 Å². The van der Waals surface area contributed by atoms with Crippen molar-refractivity contribution in [3.05, 3.63) is 29.8 Å². The monoisotopic (exact) mass is 277 g/mol. The molecular weight excluding hydrogens is 250 g/mol. The molecule has 0 saturated carbocycles. The van der Waals surface area contributed by atoms with Gasteiger partial charge in [0.1, 0.15) is 5.75 Å². The van der Waals surface area contributed by atoms with Crippen molar-refractivity contribution >= 4 is 0 Å². The van der Waals surface area contributed by atoms with E-state index in [0.29, 0.717) is 6.04 Å². The normalized spacial score (nSPS) is 17.9. The third-order valence-corrected chi connectivity index (χ3v) is 4.00. The second kappa shape index (κ2) is 8.28. The fraction of sp³-hybridized carbons (Fsp3) is 0.647. The van der Waals surface area contributed by atoms with E-state index >= 15 is 0 Å². The van der Waals surface area contributed by atoms with E-state index in [2.05, 4.69) is 43.4 Å². The van der Waals surface area contributed by atoms with Crippen LogP contribution in [-0.2, 0) is 11.3 Å². The van der Waals surface area contributed by atoms with E-state index in [-0.39, 0.29) is 0 Å². The largest absolute Gasteiger partial charge is 0.494 e. The van der Waals surface area contributed by atoms with Crippen molar-refractivity contribution in [2.75, 3.05) is 19.8 Å². The highest BCUT2D eigenvalue weighted by Gasteiger charge is 2.19. The van der Waals surface area contributed by atoms with E-state index in [1.54, 1.807) is 0 Å². The number of hydrogen-bond donors (Lipinski definition) is 1. The Hall–Kier alpha value is -1.06. The first kappa shape index (κ1) is 15.3. The fourth-order valence-corrected chi connectivity index (χ4v) is 2.58. The van der Waals surface area contributed by atoms with Gasteiger partial charge in [0.05, 0.1) is 6.61 Å². The van der Waals surface area contributed by atoms with E-state index in [1.165, 1.54) is 18.4 Å². The minimum Gasteiger partial charge on any atom is -0.494 e. The zero-order chi connectivity index (χ0) is 14.2. The highest BCUT2D eigenvalue weighted by molar-refractivity contribution is 5.27. The van der Waals surface area contributed by atoms with Crippen LogP contribution in [0.1, 0.15) is 38.7 Å².